The number of hydrogen-bond acceptors (Lipinski definition) is 4. The minimum Gasteiger partial charge on any atom is -0.344 e. The van der Waals surface area contributed by atoms with Crippen LogP contribution in [-0.4, -0.2) is 48.5 Å². The number of hydrogen-bond donors (Lipinski definition) is 2. The highest BCUT2D eigenvalue weighted by atomic mass is 35.5. The van der Waals surface area contributed by atoms with Crippen LogP contribution in [0.3, 0.4) is 0 Å². The largest absolute Gasteiger partial charge is 0.344 e. The molecule has 5 nitrogen and oxygen atoms in total. The van der Waals surface area contributed by atoms with Gasteiger partial charge in [0.05, 0.1) is 0 Å². The third-order valence-corrected chi connectivity index (χ3v) is 5.31. The highest BCUT2D eigenvalue weighted by molar-refractivity contribution is 7.99. The van der Waals surface area contributed by atoms with Crippen molar-refractivity contribution in [3.05, 3.63) is 29.8 Å². The second-order valence-corrected chi connectivity index (χ2v) is 7.05. The number of carbonyl (C=O) groups is 2. The molecule has 2 unspecified atom stereocenters. The third kappa shape index (κ3) is 4.62. The normalized spacial score (nSPS) is 23.3. The average Bonchev–Trinajstić information content (AvgIpc) is 2.89. The van der Waals surface area contributed by atoms with E-state index in [2.05, 4.69) is 10.6 Å². The van der Waals surface area contributed by atoms with Gasteiger partial charge < -0.3 is 15.5 Å². The van der Waals surface area contributed by atoms with Crippen LogP contribution in [0.25, 0.3) is 0 Å². The number of anilines is 1. The summed E-state index contributed by atoms with van der Waals surface area (Å²) in [6.07, 6.45) is 0.635. The van der Waals surface area contributed by atoms with Gasteiger partial charge >= 0.3 is 0 Å². The van der Waals surface area contributed by atoms with E-state index in [0.29, 0.717) is 12.8 Å². The Hall–Kier alpha value is -1.38. The molecule has 0 aromatic heterocycles. The quantitative estimate of drug-likeness (QED) is 0.820. The van der Waals surface area contributed by atoms with Crippen molar-refractivity contribution in [1.82, 2.24) is 10.6 Å². The summed E-state index contributed by atoms with van der Waals surface area (Å²) in [5.41, 5.74) is -0.343. The number of nitrogens with zero attached hydrogens (tertiary/aromatic N) is 1. The van der Waals surface area contributed by atoms with Gasteiger partial charge in [-0.3, -0.25) is 9.59 Å². The van der Waals surface area contributed by atoms with E-state index in [1.165, 1.54) is 6.07 Å². The Kier molecular flexibility index (Phi) is 7.04. The summed E-state index contributed by atoms with van der Waals surface area (Å²) in [6.45, 7) is 1.05. The molecule has 1 aromatic carbocycles. The summed E-state index contributed by atoms with van der Waals surface area (Å²) < 4.78 is 27.7. The Labute approximate surface area is 155 Å². The van der Waals surface area contributed by atoms with Crippen molar-refractivity contribution in [3.63, 3.8) is 0 Å². The predicted molar refractivity (Wildman–Crippen MR) is 96.2 cm³/mol. The second kappa shape index (κ2) is 8.82. The lowest BCUT2D eigenvalue weighted by Crippen LogP contribution is -2.46. The van der Waals surface area contributed by atoms with E-state index in [0.717, 1.165) is 35.1 Å². The van der Waals surface area contributed by atoms with Crippen molar-refractivity contribution < 1.29 is 18.4 Å². The van der Waals surface area contributed by atoms with Crippen LogP contribution in [0.2, 0.25) is 0 Å². The Bertz CT molecular complexity index is 624. The topological polar surface area (TPSA) is 61.4 Å². The Morgan fingerprint density at radius 2 is 2.08 bits per heavy atom. The van der Waals surface area contributed by atoms with Crippen LogP contribution in [0, 0.1) is 11.6 Å². The van der Waals surface area contributed by atoms with E-state index in [4.69, 9.17) is 0 Å². The van der Waals surface area contributed by atoms with Crippen LogP contribution < -0.4 is 15.5 Å². The lowest BCUT2D eigenvalue weighted by molar-refractivity contribution is -0.126. The molecule has 2 aliphatic heterocycles. The molecule has 0 spiro atoms. The molecule has 3 rings (SSSR count). The summed E-state index contributed by atoms with van der Waals surface area (Å²) in [5, 5.41) is 5.95. The van der Waals surface area contributed by atoms with Crippen molar-refractivity contribution in [3.8, 4) is 0 Å². The molecule has 138 valence electrons. The first-order valence-corrected chi connectivity index (χ1v) is 9.07. The monoisotopic (exact) mass is 391 g/mol. The van der Waals surface area contributed by atoms with Crippen LogP contribution in [0.1, 0.15) is 12.8 Å². The van der Waals surface area contributed by atoms with Gasteiger partial charge in [-0.2, -0.15) is 11.8 Å². The van der Waals surface area contributed by atoms with Gasteiger partial charge in [0.1, 0.15) is 23.4 Å². The smallest absolute Gasteiger partial charge is 0.249 e. The molecule has 0 radical (unpaired) electrons. The van der Waals surface area contributed by atoms with Crippen molar-refractivity contribution >= 4 is 41.7 Å². The van der Waals surface area contributed by atoms with Crippen LogP contribution in [0.5, 0.6) is 0 Å². The van der Waals surface area contributed by atoms with Gasteiger partial charge in [0, 0.05) is 37.1 Å². The molecular weight excluding hydrogens is 372 g/mol. The lowest BCUT2D eigenvalue weighted by Gasteiger charge is -2.23. The molecule has 2 atom stereocenters. The molecule has 2 saturated heterocycles. The molecule has 0 bridgehead atoms. The van der Waals surface area contributed by atoms with Gasteiger partial charge in [-0.1, -0.05) is 6.07 Å². The standard InChI is InChI=1S/C16H19F2N3O2S.ClH/c17-11-2-1-3-12(18)15(11)21-6-4-13(16(21)23)20-14(22)8-10-9-24-7-5-19-10;/h1-3,10,13,19H,4-9H2,(H,20,22);1H. The zero-order valence-corrected chi connectivity index (χ0v) is 15.1. The minimum atomic E-state index is -0.779. The summed E-state index contributed by atoms with van der Waals surface area (Å²) >= 11 is 1.79. The molecule has 9 heteroatoms. The molecule has 2 heterocycles. The first-order chi connectivity index (χ1) is 11.6. The Morgan fingerprint density at radius 1 is 1.36 bits per heavy atom. The number of amides is 2. The van der Waals surface area contributed by atoms with Crippen LogP contribution >= 0.6 is 24.2 Å². The Balaban J connectivity index is 0.00000225. The summed E-state index contributed by atoms with van der Waals surface area (Å²) in [4.78, 5) is 25.6. The van der Waals surface area contributed by atoms with Crippen molar-refractivity contribution in [2.24, 2.45) is 0 Å². The number of para-hydroxylation sites is 1. The summed E-state index contributed by atoms with van der Waals surface area (Å²) in [5.74, 6) is -0.360. The van der Waals surface area contributed by atoms with E-state index >= 15 is 0 Å². The molecule has 2 fully saturated rings. The summed E-state index contributed by atoms with van der Waals surface area (Å²) in [6, 6.07) is 2.85. The number of halogens is 3. The highest BCUT2D eigenvalue weighted by Gasteiger charge is 2.36. The third-order valence-electron chi connectivity index (χ3n) is 4.18. The first-order valence-electron chi connectivity index (χ1n) is 7.92. The second-order valence-electron chi connectivity index (χ2n) is 5.90. The predicted octanol–water partition coefficient (Wildman–Crippen LogP) is 1.70. The van der Waals surface area contributed by atoms with E-state index < -0.39 is 23.6 Å². The van der Waals surface area contributed by atoms with Crippen LogP contribution in [0.15, 0.2) is 18.2 Å². The maximum absolute atomic E-state index is 13.8. The van der Waals surface area contributed by atoms with Gasteiger partial charge in [-0.15, -0.1) is 12.4 Å². The molecule has 0 saturated carbocycles. The maximum Gasteiger partial charge on any atom is 0.249 e. The molecule has 1 aromatic rings. The number of benzene rings is 1. The molecule has 2 aliphatic rings. The minimum absolute atomic E-state index is 0. The van der Waals surface area contributed by atoms with E-state index in [-0.39, 0.29) is 36.6 Å². The molecular formula is C16H20ClF2N3O2S. The fourth-order valence-electron chi connectivity index (χ4n) is 3.01. The van der Waals surface area contributed by atoms with E-state index in [1.54, 1.807) is 11.8 Å². The molecule has 2 amide bonds. The first kappa shape index (κ1) is 19.9. The Morgan fingerprint density at radius 3 is 2.72 bits per heavy atom. The van der Waals surface area contributed by atoms with Crippen molar-refractivity contribution in [2.75, 3.05) is 29.5 Å². The summed E-state index contributed by atoms with van der Waals surface area (Å²) in [7, 11) is 0. The lowest BCUT2D eigenvalue weighted by atomic mass is 10.2. The van der Waals surface area contributed by atoms with Crippen molar-refractivity contribution in [2.45, 2.75) is 24.9 Å². The average molecular weight is 392 g/mol. The van der Waals surface area contributed by atoms with E-state index in [9.17, 15) is 18.4 Å². The zero-order chi connectivity index (χ0) is 17.1. The molecule has 25 heavy (non-hydrogen) atoms. The van der Waals surface area contributed by atoms with Crippen LogP contribution in [-0.2, 0) is 9.59 Å². The number of nitrogens with one attached hydrogen (secondary N) is 2. The van der Waals surface area contributed by atoms with Gasteiger partial charge in [0.25, 0.3) is 0 Å². The van der Waals surface area contributed by atoms with Gasteiger partial charge in [0.15, 0.2) is 0 Å². The maximum atomic E-state index is 13.8. The van der Waals surface area contributed by atoms with E-state index in [1.807, 2.05) is 0 Å². The zero-order valence-electron chi connectivity index (χ0n) is 13.5. The van der Waals surface area contributed by atoms with Crippen molar-refractivity contribution in [1.29, 1.82) is 0 Å². The van der Waals surface area contributed by atoms with Crippen LogP contribution in [0.4, 0.5) is 14.5 Å². The number of thioether (sulfide) groups is 1. The number of rotatable bonds is 4. The molecule has 0 aliphatic carbocycles. The molecule has 2 N–H and O–H groups in total. The van der Waals surface area contributed by atoms with Gasteiger partial charge in [-0.05, 0) is 18.6 Å². The fraction of sp³-hybridized carbons (Fsp3) is 0.500. The van der Waals surface area contributed by atoms with Gasteiger partial charge in [-0.25, -0.2) is 8.78 Å². The van der Waals surface area contributed by atoms with Gasteiger partial charge in [0.2, 0.25) is 11.8 Å². The fourth-order valence-corrected chi connectivity index (χ4v) is 3.96. The SMILES string of the molecule is Cl.O=C(CC1CSCCN1)NC1CCN(c2c(F)cccc2F)C1=O. The number of carbonyl (C=O) groups excluding carboxylic acids is 2. The highest BCUT2D eigenvalue weighted by Crippen LogP contribution is 2.27.